The summed E-state index contributed by atoms with van der Waals surface area (Å²) in [5.41, 5.74) is 9.46. The summed E-state index contributed by atoms with van der Waals surface area (Å²) in [6.07, 6.45) is 1.99. The van der Waals surface area contributed by atoms with Crippen LogP contribution in [0.1, 0.15) is 31.3 Å². The van der Waals surface area contributed by atoms with Crippen molar-refractivity contribution in [1.82, 2.24) is 4.98 Å². The van der Waals surface area contributed by atoms with Crippen molar-refractivity contribution in [2.45, 2.75) is 39.7 Å². The number of thiazole rings is 1. The zero-order chi connectivity index (χ0) is 13.8. The minimum Gasteiger partial charge on any atom is -0.328 e. The Balaban J connectivity index is 2.11. The molecule has 0 radical (unpaired) electrons. The van der Waals surface area contributed by atoms with E-state index in [1.54, 1.807) is 11.3 Å². The molecule has 1 aromatic heterocycles. The molecular formula is C16H22N2S. The Hall–Kier alpha value is -1.19. The Morgan fingerprint density at radius 2 is 1.79 bits per heavy atom. The Morgan fingerprint density at radius 3 is 2.37 bits per heavy atom. The predicted molar refractivity (Wildman–Crippen MR) is 83.4 cm³/mol. The summed E-state index contributed by atoms with van der Waals surface area (Å²) >= 11 is 1.70. The van der Waals surface area contributed by atoms with Crippen LogP contribution in [-0.2, 0) is 12.8 Å². The van der Waals surface area contributed by atoms with Gasteiger partial charge in [-0.2, -0.15) is 0 Å². The van der Waals surface area contributed by atoms with Gasteiger partial charge in [-0.15, -0.1) is 11.3 Å². The van der Waals surface area contributed by atoms with Crippen molar-refractivity contribution in [3.8, 4) is 11.3 Å². The van der Waals surface area contributed by atoms with E-state index in [1.165, 1.54) is 11.1 Å². The number of benzene rings is 1. The first-order chi connectivity index (χ1) is 9.04. The third-order valence-electron chi connectivity index (χ3n) is 2.94. The first-order valence-electron chi connectivity index (χ1n) is 6.84. The smallest absolute Gasteiger partial charge is 0.0947 e. The normalized spacial score (nSPS) is 12.9. The van der Waals surface area contributed by atoms with Gasteiger partial charge in [-0.05, 0) is 24.8 Å². The minimum atomic E-state index is 0.174. The predicted octanol–water partition coefficient (Wildman–Crippen LogP) is 3.90. The van der Waals surface area contributed by atoms with Gasteiger partial charge in [-0.25, -0.2) is 4.98 Å². The summed E-state index contributed by atoms with van der Waals surface area (Å²) in [5.74, 6) is 0.697. The minimum absolute atomic E-state index is 0.174. The van der Waals surface area contributed by atoms with Gasteiger partial charge in [0.2, 0.25) is 0 Å². The van der Waals surface area contributed by atoms with Crippen LogP contribution in [0.5, 0.6) is 0 Å². The molecule has 2 nitrogen and oxygen atoms in total. The van der Waals surface area contributed by atoms with E-state index in [2.05, 4.69) is 48.5 Å². The highest BCUT2D eigenvalue weighted by molar-refractivity contribution is 7.09. The van der Waals surface area contributed by atoms with Crippen LogP contribution in [0.3, 0.4) is 0 Å². The highest BCUT2D eigenvalue weighted by atomic mass is 32.1. The van der Waals surface area contributed by atoms with Crippen molar-refractivity contribution < 1.29 is 0 Å². The maximum atomic E-state index is 5.81. The van der Waals surface area contributed by atoms with Gasteiger partial charge in [0, 0.05) is 23.4 Å². The highest BCUT2D eigenvalue weighted by Gasteiger charge is 2.06. The number of rotatable bonds is 5. The summed E-state index contributed by atoms with van der Waals surface area (Å²) in [5, 5.41) is 3.24. The molecule has 3 heteroatoms. The number of nitrogens with zero attached hydrogens (tertiary/aromatic N) is 1. The standard InChI is InChI=1S/C16H22N2S/c1-11(2)8-13-4-6-14(7-5-13)15-10-19-16(18-15)9-12(3)17/h4-7,10-12H,8-9,17H2,1-3H3. The van der Waals surface area contributed by atoms with E-state index in [9.17, 15) is 0 Å². The van der Waals surface area contributed by atoms with Gasteiger partial charge in [0.1, 0.15) is 0 Å². The van der Waals surface area contributed by atoms with E-state index >= 15 is 0 Å². The van der Waals surface area contributed by atoms with Gasteiger partial charge in [0.05, 0.1) is 10.7 Å². The Morgan fingerprint density at radius 1 is 1.11 bits per heavy atom. The molecule has 0 saturated carbocycles. The zero-order valence-electron chi connectivity index (χ0n) is 11.9. The summed E-state index contributed by atoms with van der Waals surface area (Å²) < 4.78 is 0. The fourth-order valence-corrected chi connectivity index (χ4v) is 3.04. The maximum Gasteiger partial charge on any atom is 0.0947 e. The van der Waals surface area contributed by atoms with Crippen molar-refractivity contribution >= 4 is 11.3 Å². The largest absolute Gasteiger partial charge is 0.328 e. The fraction of sp³-hybridized carbons (Fsp3) is 0.438. The zero-order valence-corrected chi connectivity index (χ0v) is 12.7. The van der Waals surface area contributed by atoms with Crippen LogP contribution in [0.4, 0.5) is 0 Å². The molecule has 0 amide bonds. The highest BCUT2D eigenvalue weighted by Crippen LogP contribution is 2.23. The molecular weight excluding hydrogens is 252 g/mol. The van der Waals surface area contributed by atoms with Crippen LogP contribution in [0, 0.1) is 5.92 Å². The second kappa shape index (κ2) is 6.31. The van der Waals surface area contributed by atoms with Crippen molar-refractivity contribution in [3.05, 3.63) is 40.2 Å². The summed E-state index contributed by atoms with van der Waals surface area (Å²) in [7, 11) is 0. The Bertz CT molecular complexity index is 512. The quantitative estimate of drug-likeness (QED) is 0.898. The fourth-order valence-electron chi connectivity index (χ4n) is 2.10. The topological polar surface area (TPSA) is 38.9 Å². The van der Waals surface area contributed by atoms with Crippen LogP contribution >= 0.6 is 11.3 Å². The molecule has 2 rings (SSSR count). The number of hydrogen-bond donors (Lipinski definition) is 1. The molecule has 0 aliphatic carbocycles. The molecule has 0 bridgehead atoms. The average molecular weight is 274 g/mol. The lowest BCUT2D eigenvalue weighted by Crippen LogP contribution is -2.17. The molecule has 0 fully saturated rings. The number of hydrogen-bond acceptors (Lipinski definition) is 3. The molecule has 1 aromatic carbocycles. The van der Waals surface area contributed by atoms with E-state index < -0.39 is 0 Å². The van der Waals surface area contributed by atoms with Crippen LogP contribution in [0.15, 0.2) is 29.6 Å². The third-order valence-corrected chi connectivity index (χ3v) is 3.81. The van der Waals surface area contributed by atoms with Gasteiger partial charge in [0.25, 0.3) is 0 Å². The molecule has 0 aliphatic rings. The SMILES string of the molecule is CC(C)Cc1ccc(-c2csc(CC(C)N)n2)cc1. The second-order valence-electron chi connectivity index (χ2n) is 5.60. The summed E-state index contributed by atoms with van der Waals surface area (Å²) in [6, 6.07) is 8.93. The van der Waals surface area contributed by atoms with Gasteiger partial charge < -0.3 is 5.73 Å². The van der Waals surface area contributed by atoms with Crippen LogP contribution in [0.25, 0.3) is 11.3 Å². The summed E-state index contributed by atoms with van der Waals surface area (Å²) in [4.78, 5) is 4.65. The molecule has 1 atom stereocenters. The van der Waals surface area contributed by atoms with Crippen molar-refractivity contribution in [2.24, 2.45) is 11.7 Å². The van der Waals surface area contributed by atoms with Crippen molar-refractivity contribution in [2.75, 3.05) is 0 Å². The van der Waals surface area contributed by atoms with E-state index in [1.807, 2.05) is 6.92 Å². The summed E-state index contributed by atoms with van der Waals surface area (Å²) in [6.45, 7) is 6.50. The molecule has 0 spiro atoms. The van der Waals surface area contributed by atoms with Gasteiger partial charge in [-0.3, -0.25) is 0 Å². The number of aromatic nitrogens is 1. The van der Waals surface area contributed by atoms with Crippen LogP contribution in [0.2, 0.25) is 0 Å². The molecule has 2 aromatic rings. The first kappa shape index (κ1) is 14.2. The Labute approximate surface area is 119 Å². The van der Waals surface area contributed by atoms with Crippen LogP contribution < -0.4 is 5.73 Å². The van der Waals surface area contributed by atoms with Gasteiger partial charge in [-0.1, -0.05) is 38.1 Å². The van der Waals surface area contributed by atoms with Crippen LogP contribution in [-0.4, -0.2) is 11.0 Å². The van der Waals surface area contributed by atoms with E-state index in [-0.39, 0.29) is 6.04 Å². The van der Waals surface area contributed by atoms with Crippen molar-refractivity contribution in [3.63, 3.8) is 0 Å². The average Bonchev–Trinajstić information content (AvgIpc) is 2.76. The van der Waals surface area contributed by atoms with Gasteiger partial charge >= 0.3 is 0 Å². The molecule has 0 aliphatic heterocycles. The van der Waals surface area contributed by atoms with Crippen molar-refractivity contribution in [1.29, 1.82) is 0 Å². The molecule has 102 valence electrons. The molecule has 0 saturated heterocycles. The lowest BCUT2D eigenvalue weighted by molar-refractivity contribution is 0.647. The van der Waals surface area contributed by atoms with E-state index in [0.717, 1.165) is 23.5 Å². The lowest BCUT2D eigenvalue weighted by atomic mass is 10.0. The van der Waals surface area contributed by atoms with E-state index in [0.29, 0.717) is 5.92 Å². The Kier molecular flexibility index (Phi) is 4.72. The molecule has 1 unspecified atom stereocenters. The number of nitrogens with two attached hydrogens (primary N) is 1. The lowest BCUT2D eigenvalue weighted by Gasteiger charge is -2.05. The molecule has 1 heterocycles. The third kappa shape index (κ3) is 4.15. The maximum absolute atomic E-state index is 5.81. The van der Waals surface area contributed by atoms with Gasteiger partial charge in [0.15, 0.2) is 0 Å². The molecule has 19 heavy (non-hydrogen) atoms. The molecule has 2 N–H and O–H groups in total. The monoisotopic (exact) mass is 274 g/mol. The first-order valence-corrected chi connectivity index (χ1v) is 7.72. The van der Waals surface area contributed by atoms with E-state index in [4.69, 9.17) is 5.73 Å². The second-order valence-corrected chi connectivity index (χ2v) is 6.55.